The number of ether oxygens (including phenoxy) is 3. The van der Waals surface area contributed by atoms with Crippen LogP contribution in [0.2, 0.25) is 0 Å². The van der Waals surface area contributed by atoms with Crippen LogP contribution in [0.3, 0.4) is 0 Å². The first kappa shape index (κ1) is 22.5. The topological polar surface area (TPSA) is 118 Å². The maximum atomic E-state index is 13.1. The van der Waals surface area contributed by atoms with Crippen LogP contribution in [0.5, 0.6) is 17.2 Å². The van der Waals surface area contributed by atoms with Gasteiger partial charge in [0.25, 0.3) is 0 Å². The number of rotatable bonds is 6. The van der Waals surface area contributed by atoms with Crippen LogP contribution < -0.4 is 15.2 Å². The van der Waals surface area contributed by atoms with Crippen molar-refractivity contribution < 1.29 is 37.4 Å². The molecular weight excluding hydrogens is 445 g/mol. The van der Waals surface area contributed by atoms with E-state index in [4.69, 9.17) is 19.6 Å². The fraction of sp³-hybridized carbons (Fsp3) is 0.0800. The van der Waals surface area contributed by atoms with Gasteiger partial charge in [-0.25, -0.2) is 14.0 Å². The van der Waals surface area contributed by atoms with Crippen LogP contribution in [-0.2, 0) is 4.74 Å². The molecule has 0 saturated carbocycles. The quantitative estimate of drug-likeness (QED) is 0.229. The van der Waals surface area contributed by atoms with E-state index in [1.807, 2.05) is 0 Å². The van der Waals surface area contributed by atoms with Crippen LogP contribution in [-0.4, -0.2) is 25.0 Å². The highest BCUT2D eigenvalue weighted by molar-refractivity contribution is 6.13. The van der Waals surface area contributed by atoms with Crippen molar-refractivity contribution in [2.24, 2.45) is 5.73 Å². The molecule has 0 atom stereocenters. The van der Waals surface area contributed by atoms with Crippen molar-refractivity contribution in [3.05, 3.63) is 77.6 Å². The van der Waals surface area contributed by atoms with E-state index in [2.05, 4.69) is 4.74 Å². The molecule has 9 heteroatoms. The van der Waals surface area contributed by atoms with E-state index in [1.54, 1.807) is 24.3 Å². The van der Waals surface area contributed by atoms with Crippen LogP contribution in [0.1, 0.15) is 27.6 Å². The molecule has 0 radical (unpaired) electrons. The van der Waals surface area contributed by atoms with Gasteiger partial charge in [-0.05, 0) is 67.6 Å². The first-order chi connectivity index (χ1) is 16.3. The Kier molecular flexibility index (Phi) is 6.01. The van der Waals surface area contributed by atoms with Gasteiger partial charge in [0, 0.05) is 10.9 Å². The number of furan rings is 1. The Morgan fingerprint density at radius 3 is 2.12 bits per heavy atom. The number of ketones is 1. The summed E-state index contributed by atoms with van der Waals surface area (Å²) in [6.07, 6.45) is -1.28. The number of benzene rings is 3. The second-order valence-electron chi connectivity index (χ2n) is 7.20. The summed E-state index contributed by atoms with van der Waals surface area (Å²) >= 11 is 0. The minimum Gasteiger partial charge on any atom is -0.496 e. The molecule has 0 aliphatic carbocycles. The molecule has 172 valence electrons. The number of carbonyl (C=O) groups excluding carboxylic acids is 3. The maximum Gasteiger partial charge on any atom is 0.412 e. The summed E-state index contributed by atoms with van der Waals surface area (Å²) in [5.41, 5.74) is 5.90. The van der Waals surface area contributed by atoms with Crippen molar-refractivity contribution >= 4 is 28.8 Å². The number of esters is 1. The van der Waals surface area contributed by atoms with E-state index in [1.165, 1.54) is 50.4 Å². The molecule has 4 aromatic rings. The third-order valence-electron chi connectivity index (χ3n) is 4.95. The number of amides is 1. The zero-order chi connectivity index (χ0) is 24.4. The van der Waals surface area contributed by atoms with E-state index in [0.29, 0.717) is 17.1 Å². The van der Waals surface area contributed by atoms with Crippen LogP contribution in [0, 0.1) is 5.82 Å². The summed E-state index contributed by atoms with van der Waals surface area (Å²) in [4.78, 5) is 36.0. The SMILES string of the molecule is COc1cc2c(C(=O)OC(N)=O)c(-c3ccc(Oc4ccc(F)cc4)cc3)oc2cc1C(C)=O. The molecule has 0 bridgehead atoms. The molecule has 2 N–H and O–H groups in total. The minimum atomic E-state index is -1.28. The summed E-state index contributed by atoms with van der Waals surface area (Å²) in [6, 6.07) is 14.9. The lowest BCUT2D eigenvalue weighted by molar-refractivity contribution is 0.0640. The predicted octanol–water partition coefficient (Wildman–Crippen LogP) is 5.48. The largest absolute Gasteiger partial charge is 0.496 e. The molecule has 0 unspecified atom stereocenters. The number of hydrogen-bond acceptors (Lipinski definition) is 7. The number of methoxy groups -OCH3 is 1. The Hall–Kier alpha value is -4.66. The molecule has 1 aromatic heterocycles. The van der Waals surface area contributed by atoms with Crippen molar-refractivity contribution in [2.75, 3.05) is 7.11 Å². The van der Waals surface area contributed by atoms with Gasteiger partial charge >= 0.3 is 12.1 Å². The lowest BCUT2D eigenvalue weighted by Crippen LogP contribution is -2.18. The molecule has 0 aliphatic heterocycles. The number of nitrogens with two attached hydrogens (primary N) is 1. The molecule has 0 spiro atoms. The lowest BCUT2D eigenvalue weighted by atomic mass is 10.0. The second-order valence-corrected chi connectivity index (χ2v) is 7.20. The molecule has 1 heterocycles. The number of Topliss-reactive ketones (excluding diaryl/α,β-unsaturated/α-hetero) is 1. The number of halogens is 1. The van der Waals surface area contributed by atoms with E-state index in [0.717, 1.165) is 0 Å². The highest BCUT2D eigenvalue weighted by atomic mass is 19.1. The molecule has 34 heavy (non-hydrogen) atoms. The van der Waals surface area contributed by atoms with Crippen LogP contribution in [0.4, 0.5) is 9.18 Å². The summed E-state index contributed by atoms with van der Waals surface area (Å²) in [7, 11) is 1.38. The molecule has 8 nitrogen and oxygen atoms in total. The van der Waals surface area contributed by atoms with Crippen LogP contribution >= 0.6 is 0 Å². The smallest absolute Gasteiger partial charge is 0.412 e. The van der Waals surface area contributed by atoms with Crippen molar-refractivity contribution in [1.29, 1.82) is 0 Å². The highest BCUT2D eigenvalue weighted by Gasteiger charge is 2.27. The monoisotopic (exact) mass is 463 g/mol. The van der Waals surface area contributed by atoms with Gasteiger partial charge in [-0.15, -0.1) is 0 Å². The highest BCUT2D eigenvalue weighted by Crippen LogP contribution is 2.38. The molecule has 3 aromatic carbocycles. The van der Waals surface area contributed by atoms with Crippen LogP contribution in [0.25, 0.3) is 22.3 Å². The van der Waals surface area contributed by atoms with E-state index in [-0.39, 0.29) is 45.2 Å². The Morgan fingerprint density at radius 2 is 1.56 bits per heavy atom. The fourth-order valence-corrected chi connectivity index (χ4v) is 3.43. The third kappa shape index (κ3) is 4.44. The fourth-order valence-electron chi connectivity index (χ4n) is 3.43. The molecular formula is C25H18FNO7. The minimum absolute atomic E-state index is 0.0607. The van der Waals surface area contributed by atoms with Gasteiger partial charge in [-0.3, -0.25) is 4.79 Å². The van der Waals surface area contributed by atoms with Crippen molar-refractivity contribution in [3.8, 4) is 28.6 Å². The van der Waals surface area contributed by atoms with Crippen molar-refractivity contribution in [2.45, 2.75) is 6.92 Å². The summed E-state index contributed by atoms with van der Waals surface area (Å²) in [6.45, 7) is 1.37. The van der Waals surface area contributed by atoms with Gasteiger partial charge in [0.1, 0.15) is 40.0 Å². The Bertz CT molecular complexity index is 1410. The van der Waals surface area contributed by atoms with Gasteiger partial charge in [0.05, 0.1) is 12.7 Å². The van der Waals surface area contributed by atoms with Crippen molar-refractivity contribution in [3.63, 3.8) is 0 Å². The van der Waals surface area contributed by atoms with Crippen LogP contribution in [0.15, 0.2) is 65.1 Å². The van der Waals surface area contributed by atoms with Gasteiger partial charge in [-0.2, -0.15) is 0 Å². The Labute approximate surface area is 192 Å². The summed E-state index contributed by atoms with van der Waals surface area (Å²) < 4.78 is 34.6. The standard InChI is InChI=1S/C25H18FNO7/c1-13(28)18-11-21-19(12-20(18)31-2)22(24(29)34-25(27)30)23(33-21)14-3-7-16(8-4-14)32-17-9-5-15(26)6-10-17/h3-12H,1-2H3,(H2,27,30). The zero-order valence-corrected chi connectivity index (χ0v) is 18.1. The third-order valence-corrected chi connectivity index (χ3v) is 4.95. The van der Waals surface area contributed by atoms with Gasteiger partial charge in [0.2, 0.25) is 0 Å². The van der Waals surface area contributed by atoms with Gasteiger partial charge < -0.3 is 24.4 Å². The van der Waals surface area contributed by atoms with E-state index in [9.17, 15) is 18.8 Å². The van der Waals surface area contributed by atoms with Crippen molar-refractivity contribution in [1.82, 2.24) is 0 Å². The molecule has 1 amide bonds. The average Bonchev–Trinajstić information content (AvgIpc) is 3.18. The number of carbonyl (C=O) groups is 3. The second kappa shape index (κ2) is 9.07. The normalized spacial score (nSPS) is 10.7. The number of primary amides is 1. The number of fused-ring (bicyclic) bond motifs is 1. The molecule has 0 saturated heterocycles. The summed E-state index contributed by atoms with van der Waals surface area (Å²) in [5.74, 6) is -0.458. The Balaban J connectivity index is 1.80. The maximum absolute atomic E-state index is 13.1. The number of hydrogen-bond donors (Lipinski definition) is 1. The lowest BCUT2D eigenvalue weighted by Gasteiger charge is -2.07. The zero-order valence-electron chi connectivity index (χ0n) is 18.1. The van der Waals surface area contributed by atoms with E-state index >= 15 is 0 Å². The summed E-state index contributed by atoms with van der Waals surface area (Å²) in [5, 5.41) is 0.273. The van der Waals surface area contributed by atoms with Gasteiger partial charge in [0.15, 0.2) is 5.78 Å². The predicted molar refractivity (Wildman–Crippen MR) is 120 cm³/mol. The molecule has 0 fully saturated rings. The average molecular weight is 463 g/mol. The van der Waals surface area contributed by atoms with E-state index < -0.39 is 12.1 Å². The molecule has 0 aliphatic rings. The van der Waals surface area contributed by atoms with Gasteiger partial charge in [-0.1, -0.05) is 0 Å². The Morgan fingerprint density at radius 1 is 0.941 bits per heavy atom. The molecule has 4 rings (SSSR count). The first-order valence-electron chi connectivity index (χ1n) is 9.97. The first-order valence-corrected chi connectivity index (χ1v) is 9.97.